The molecule has 0 saturated heterocycles. The first-order valence-corrected chi connectivity index (χ1v) is 10.3. The van der Waals surface area contributed by atoms with Crippen molar-refractivity contribution in [2.45, 2.75) is 6.04 Å². The van der Waals surface area contributed by atoms with Crippen LogP contribution >= 0.6 is 22.9 Å². The highest BCUT2D eigenvalue weighted by atomic mass is 35.5. The van der Waals surface area contributed by atoms with Crippen molar-refractivity contribution >= 4 is 51.4 Å². The zero-order valence-corrected chi connectivity index (χ0v) is 17.2. The number of nitrogens with zero attached hydrogens (tertiary/aromatic N) is 3. The molecule has 4 aromatic rings. The molecule has 3 aromatic heterocycles. The topological polar surface area (TPSA) is 112 Å². The molecule has 0 bridgehead atoms. The van der Waals surface area contributed by atoms with Crippen LogP contribution in [-0.4, -0.2) is 50.1 Å². The van der Waals surface area contributed by atoms with E-state index in [4.69, 9.17) is 21.8 Å². The van der Waals surface area contributed by atoms with Crippen LogP contribution in [-0.2, 0) is 0 Å². The number of benzene rings is 1. The highest BCUT2D eigenvalue weighted by molar-refractivity contribution is 7.12. The number of carbonyl (C=O) groups excluding carboxylic acids is 1. The molecular formula is C20H18ClN5O3S. The van der Waals surface area contributed by atoms with Crippen molar-refractivity contribution in [3.05, 3.63) is 63.9 Å². The maximum Gasteiger partial charge on any atom is 0.261 e. The number of rotatable bonds is 7. The maximum atomic E-state index is 12.3. The Balaban J connectivity index is 1.57. The Kier molecular flexibility index (Phi) is 5.96. The van der Waals surface area contributed by atoms with Gasteiger partial charge in [-0.2, -0.15) is 5.10 Å². The minimum absolute atomic E-state index is 0.333. The first-order valence-electron chi connectivity index (χ1n) is 9.07. The zero-order valence-electron chi connectivity index (χ0n) is 15.6. The Morgan fingerprint density at radius 1 is 1.20 bits per heavy atom. The van der Waals surface area contributed by atoms with Crippen molar-refractivity contribution in [1.29, 1.82) is 0 Å². The molecule has 0 saturated carbocycles. The highest BCUT2D eigenvalue weighted by Crippen LogP contribution is 2.27. The quantitative estimate of drug-likeness (QED) is 0.349. The molecular weight excluding hydrogens is 426 g/mol. The monoisotopic (exact) mass is 443 g/mol. The van der Waals surface area contributed by atoms with E-state index in [2.05, 4.69) is 20.7 Å². The van der Waals surface area contributed by atoms with Crippen molar-refractivity contribution in [2.75, 3.05) is 18.5 Å². The second kappa shape index (κ2) is 8.80. The third-order valence-electron chi connectivity index (χ3n) is 4.39. The van der Waals surface area contributed by atoms with Crippen LogP contribution < -0.4 is 10.6 Å². The van der Waals surface area contributed by atoms with E-state index < -0.39 is 6.04 Å². The van der Waals surface area contributed by atoms with Gasteiger partial charge in [-0.15, -0.1) is 11.3 Å². The number of anilines is 2. The number of nitrogens with one attached hydrogen (secondary N) is 2. The van der Waals surface area contributed by atoms with Gasteiger partial charge in [-0.25, -0.2) is 9.67 Å². The van der Waals surface area contributed by atoms with Gasteiger partial charge in [0.25, 0.3) is 5.91 Å². The number of hydrogen-bond acceptors (Lipinski definition) is 7. The lowest BCUT2D eigenvalue weighted by Crippen LogP contribution is -2.39. The van der Waals surface area contributed by atoms with Crippen LogP contribution in [0.5, 0.6) is 0 Å². The number of aliphatic hydroxyl groups excluding tert-OH is 2. The standard InChI is InChI=1S/C20H18ClN5O3S/c21-14-3-1-2-4-15(14)24-19-6-5-17-16(25-19)8-22-26(17)13-7-18(30-11-13)20(29)23-12(9-27)10-28/h1-8,11-12,27-28H,9-10H2,(H,23,29)(H,24,25). The third kappa shape index (κ3) is 4.14. The summed E-state index contributed by atoms with van der Waals surface area (Å²) in [5.41, 5.74) is 2.95. The number of halogens is 1. The summed E-state index contributed by atoms with van der Waals surface area (Å²) in [7, 11) is 0. The van der Waals surface area contributed by atoms with Crippen molar-refractivity contribution in [3.63, 3.8) is 0 Å². The van der Waals surface area contributed by atoms with Crippen molar-refractivity contribution < 1.29 is 15.0 Å². The van der Waals surface area contributed by atoms with Crippen LogP contribution in [0.25, 0.3) is 16.7 Å². The van der Waals surface area contributed by atoms with Crippen LogP contribution in [0.2, 0.25) is 5.02 Å². The molecule has 0 fully saturated rings. The summed E-state index contributed by atoms with van der Waals surface area (Å²) in [5, 5.41) is 30.8. The molecule has 154 valence electrons. The Morgan fingerprint density at radius 2 is 2.00 bits per heavy atom. The lowest BCUT2D eigenvalue weighted by atomic mass is 10.3. The second-order valence-electron chi connectivity index (χ2n) is 6.47. The molecule has 0 aliphatic carbocycles. The molecule has 30 heavy (non-hydrogen) atoms. The van der Waals surface area contributed by atoms with E-state index in [-0.39, 0.29) is 19.1 Å². The fourth-order valence-corrected chi connectivity index (χ4v) is 3.81. The Morgan fingerprint density at radius 3 is 2.77 bits per heavy atom. The van der Waals surface area contributed by atoms with Gasteiger partial charge in [0.15, 0.2) is 0 Å². The van der Waals surface area contributed by atoms with E-state index in [9.17, 15) is 4.79 Å². The molecule has 0 aliphatic rings. The predicted molar refractivity (Wildman–Crippen MR) is 117 cm³/mol. The van der Waals surface area contributed by atoms with Gasteiger partial charge in [-0.3, -0.25) is 4.79 Å². The van der Waals surface area contributed by atoms with E-state index >= 15 is 0 Å². The first-order chi connectivity index (χ1) is 14.6. The number of hydrogen-bond donors (Lipinski definition) is 4. The molecule has 0 spiro atoms. The van der Waals surface area contributed by atoms with E-state index in [1.54, 1.807) is 23.0 Å². The van der Waals surface area contributed by atoms with Crippen LogP contribution in [0.1, 0.15) is 9.67 Å². The van der Waals surface area contributed by atoms with Crippen molar-refractivity contribution in [2.24, 2.45) is 0 Å². The van der Waals surface area contributed by atoms with Gasteiger partial charge in [-0.1, -0.05) is 23.7 Å². The lowest BCUT2D eigenvalue weighted by Gasteiger charge is -2.11. The SMILES string of the molecule is O=C(NC(CO)CO)c1cc(-n2ncc3nc(Nc4ccccc4Cl)ccc32)cs1. The number of aromatic nitrogens is 3. The van der Waals surface area contributed by atoms with Gasteiger partial charge in [0.05, 0.1) is 52.2 Å². The highest BCUT2D eigenvalue weighted by Gasteiger charge is 2.16. The summed E-state index contributed by atoms with van der Waals surface area (Å²) in [5.74, 6) is 0.278. The largest absolute Gasteiger partial charge is 0.394 e. The maximum absolute atomic E-state index is 12.3. The number of thiophene rings is 1. The molecule has 1 aromatic carbocycles. The molecule has 4 N–H and O–H groups in total. The molecule has 0 atom stereocenters. The van der Waals surface area contributed by atoms with E-state index in [0.29, 0.717) is 21.2 Å². The Bertz CT molecular complexity index is 1190. The first kappa shape index (κ1) is 20.3. The van der Waals surface area contributed by atoms with Gasteiger partial charge in [0.2, 0.25) is 0 Å². The number of fused-ring (bicyclic) bond motifs is 1. The van der Waals surface area contributed by atoms with E-state index in [1.165, 1.54) is 11.3 Å². The lowest BCUT2D eigenvalue weighted by molar-refractivity contribution is 0.0883. The number of para-hydroxylation sites is 1. The Hall–Kier alpha value is -2.98. The molecule has 8 nitrogen and oxygen atoms in total. The van der Waals surface area contributed by atoms with Crippen molar-refractivity contribution in [1.82, 2.24) is 20.1 Å². The van der Waals surface area contributed by atoms with Gasteiger partial charge in [0, 0.05) is 5.38 Å². The van der Waals surface area contributed by atoms with Crippen LogP contribution in [0.4, 0.5) is 11.5 Å². The smallest absolute Gasteiger partial charge is 0.261 e. The zero-order chi connectivity index (χ0) is 21.1. The number of amides is 1. The second-order valence-corrected chi connectivity index (χ2v) is 7.79. The molecule has 3 heterocycles. The molecule has 0 unspecified atom stereocenters. The normalized spacial score (nSPS) is 11.2. The minimum atomic E-state index is -0.693. The predicted octanol–water partition coefficient (Wildman–Crippen LogP) is 2.96. The minimum Gasteiger partial charge on any atom is -0.394 e. The van der Waals surface area contributed by atoms with E-state index in [1.807, 2.05) is 35.7 Å². The Labute approximate surface area is 180 Å². The average Bonchev–Trinajstić information content (AvgIpc) is 3.40. The molecule has 0 radical (unpaired) electrons. The number of carbonyl (C=O) groups is 1. The summed E-state index contributed by atoms with van der Waals surface area (Å²) >= 11 is 7.44. The molecule has 0 aliphatic heterocycles. The fourth-order valence-electron chi connectivity index (χ4n) is 2.85. The molecule has 4 rings (SSSR count). The van der Waals surface area contributed by atoms with Gasteiger partial charge in [-0.05, 0) is 30.3 Å². The summed E-state index contributed by atoms with van der Waals surface area (Å²) in [6.07, 6.45) is 1.65. The third-order valence-corrected chi connectivity index (χ3v) is 5.64. The number of pyridine rings is 1. The van der Waals surface area contributed by atoms with Gasteiger partial charge in [0.1, 0.15) is 11.3 Å². The van der Waals surface area contributed by atoms with Crippen molar-refractivity contribution in [3.8, 4) is 5.69 Å². The summed E-state index contributed by atoms with van der Waals surface area (Å²) in [6.45, 7) is -0.666. The van der Waals surface area contributed by atoms with Gasteiger partial charge < -0.3 is 20.8 Å². The van der Waals surface area contributed by atoms with Crippen LogP contribution in [0, 0.1) is 0 Å². The summed E-state index contributed by atoms with van der Waals surface area (Å²) in [6, 6.07) is 12.1. The van der Waals surface area contributed by atoms with Crippen LogP contribution in [0.15, 0.2) is 54.0 Å². The molecule has 10 heteroatoms. The van der Waals surface area contributed by atoms with Gasteiger partial charge >= 0.3 is 0 Å². The van der Waals surface area contributed by atoms with Crippen LogP contribution in [0.3, 0.4) is 0 Å². The molecule has 1 amide bonds. The van der Waals surface area contributed by atoms with E-state index in [0.717, 1.165) is 16.9 Å². The number of aliphatic hydroxyl groups is 2. The fraction of sp³-hybridized carbons (Fsp3) is 0.150. The summed E-state index contributed by atoms with van der Waals surface area (Å²) < 4.78 is 1.70. The summed E-state index contributed by atoms with van der Waals surface area (Å²) in [4.78, 5) is 17.3. The average molecular weight is 444 g/mol.